The number of carbonyl (C=O) groups excluding carboxylic acids is 1. The first-order valence-corrected chi connectivity index (χ1v) is 7.89. The molecule has 0 unspecified atom stereocenters. The lowest BCUT2D eigenvalue weighted by Crippen LogP contribution is -2.13. The van der Waals surface area contributed by atoms with E-state index in [1.807, 2.05) is 13.0 Å². The number of amides is 1. The molecule has 0 radical (unpaired) electrons. The first-order valence-electron chi connectivity index (χ1n) is 7.89. The first-order chi connectivity index (χ1) is 12.0. The number of imidazole rings is 1. The molecule has 3 aromatic rings. The van der Waals surface area contributed by atoms with Crippen molar-refractivity contribution in [2.45, 2.75) is 13.3 Å². The molecule has 0 aliphatic carbocycles. The molecule has 1 heterocycles. The minimum atomic E-state index is -1.10. The minimum Gasteiger partial charge on any atom is -0.341 e. The zero-order valence-corrected chi connectivity index (χ0v) is 13.9. The van der Waals surface area contributed by atoms with Gasteiger partial charge in [-0.25, -0.2) is 13.8 Å². The summed E-state index contributed by atoms with van der Waals surface area (Å²) in [5.41, 5.74) is 1.59. The van der Waals surface area contributed by atoms with Gasteiger partial charge in [-0.05, 0) is 37.7 Å². The van der Waals surface area contributed by atoms with Gasteiger partial charge in [-0.1, -0.05) is 12.1 Å². The fourth-order valence-electron chi connectivity index (χ4n) is 2.61. The molecule has 0 fully saturated rings. The van der Waals surface area contributed by atoms with Crippen molar-refractivity contribution in [1.82, 2.24) is 15.3 Å². The number of anilines is 1. The number of hydrogen-bond acceptors (Lipinski definition) is 3. The Morgan fingerprint density at radius 1 is 1.28 bits per heavy atom. The van der Waals surface area contributed by atoms with Gasteiger partial charge in [0, 0.05) is 18.7 Å². The zero-order valence-electron chi connectivity index (χ0n) is 13.9. The molecule has 130 valence electrons. The number of aryl methyl sites for hydroxylation is 1. The Labute approximate surface area is 143 Å². The molecule has 2 aromatic carbocycles. The van der Waals surface area contributed by atoms with E-state index in [9.17, 15) is 13.6 Å². The summed E-state index contributed by atoms with van der Waals surface area (Å²) >= 11 is 0. The maximum Gasteiger partial charge on any atom is 0.257 e. The van der Waals surface area contributed by atoms with E-state index in [0.717, 1.165) is 11.6 Å². The number of nitrogens with one attached hydrogen (secondary N) is 3. The number of hydrogen-bond donors (Lipinski definition) is 3. The molecule has 25 heavy (non-hydrogen) atoms. The minimum absolute atomic E-state index is 0.0126. The lowest BCUT2D eigenvalue weighted by molar-refractivity contribution is 0.102. The summed E-state index contributed by atoms with van der Waals surface area (Å²) in [5.74, 6) is -2.21. The summed E-state index contributed by atoms with van der Waals surface area (Å²) in [6.45, 7) is 2.52. The van der Waals surface area contributed by atoms with Crippen molar-refractivity contribution in [2.75, 3.05) is 18.9 Å². The van der Waals surface area contributed by atoms with E-state index in [1.54, 1.807) is 25.2 Å². The smallest absolute Gasteiger partial charge is 0.257 e. The monoisotopic (exact) mass is 344 g/mol. The van der Waals surface area contributed by atoms with E-state index in [-0.39, 0.29) is 16.6 Å². The predicted molar refractivity (Wildman–Crippen MR) is 92.8 cm³/mol. The second kappa shape index (κ2) is 6.98. The topological polar surface area (TPSA) is 69.8 Å². The molecular formula is C18H18F2N4O. The van der Waals surface area contributed by atoms with Gasteiger partial charge in [0.05, 0.1) is 11.1 Å². The van der Waals surface area contributed by atoms with Crippen LogP contribution in [0.4, 0.5) is 14.5 Å². The Hall–Kier alpha value is -2.80. The number of aromatic nitrogens is 2. The number of likely N-dealkylation sites (N-methyl/N-ethyl adjacent to an activating group) is 1. The Bertz CT molecular complexity index is 936. The van der Waals surface area contributed by atoms with Gasteiger partial charge in [-0.15, -0.1) is 0 Å². The first kappa shape index (κ1) is 17.0. The molecule has 5 nitrogen and oxygen atoms in total. The molecular weight excluding hydrogens is 326 g/mol. The highest BCUT2D eigenvalue weighted by molar-refractivity contribution is 6.11. The van der Waals surface area contributed by atoms with Gasteiger partial charge in [0.25, 0.3) is 5.91 Å². The van der Waals surface area contributed by atoms with Crippen molar-refractivity contribution in [2.24, 2.45) is 0 Å². The van der Waals surface area contributed by atoms with E-state index in [2.05, 4.69) is 20.6 Å². The SMILES string of the molecule is CNCCc1nc2c(F)c(F)cc(C(=O)Nc3cccc(C)c3)c2[nH]1. The van der Waals surface area contributed by atoms with Crippen molar-refractivity contribution in [1.29, 1.82) is 0 Å². The summed E-state index contributed by atoms with van der Waals surface area (Å²) in [7, 11) is 1.78. The van der Waals surface area contributed by atoms with Gasteiger partial charge in [0.2, 0.25) is 0 Å². The molecule has 0 spiro atoms. The lowest BCUT2D eigenvalue weighted by Gasteiger charge is -2.07. The third kappa shape index (κ3) is 3.51. The van der Waals surface area contributed by atoms with Gasteiger partial charge < -0.3 is 15.6 Å². The van der Waals surface area contributed by atoms with Crippen LogP contribution in [0, 0.1) is 18.6 Å². The third-order valence-corrected chi connectivity index (χ3v) is 3.84. The van der Waals surface area contributed by atoms with Gasteiger partial charge in [-0.2, -0.15) is 0 Å². The van der Waals surface area contributed by atoms with Crippen LogP contribution in [0.25, 0.3) is 11.0 Å². The van der Waals surface area contributed by atoms with Crippen LogP contribution in [0.15, 0.2) is 30.3 Å². The van der Waals surface area contributed by atoms with Crippen molar-refractivity contribution in [3.05, 3.63) is 58.9 Å². The number of rotatable bonds is 5. The third-order valence-electron chi connectivity index (χ3n) is 3.84. The van der Waals surface area contributed by atoms with Crippen molar-refractivity contribution < 1.29 is 13.6 Å². The molecule has 0 saturated carbocycles. The highest BCUT2D eigenvalue weighted by Crippen LogP contribution is 2.24. The van der Waals surface area contributed by atoms with Crippen LogP contribution in [0.1, 0.15) is 21.7 Å². The number of carbonyl (C=O) groups is 1. The highest BCUT2D eigenvalue weighted by Gasteiger charge is 2.20. The summed E-state index contributed by atoms with van der Waals surface area (Å²) in [6, 6.07) is 8.11. The van der Waals surface area contributed by atoms with Gasteiger partial charge in [-0.3, -0.25) is 4.79 Å². The Kier molecular flexibility index (Phi) is 4.76. The van der Waals surface area contributed by atoms with Gasteiger partial charge >= 0.3 is 0 Å². The molecule has 0 aliphatic rings. The second-order valence-electron chi connectivity index (χ2n) is 5.80. The number of nitrogens with zero attached hydrogens (tertiary/aromatic N) is 1. The average molecular weight is 344 g/mol. The molecule has 0 atom stereocenters. The fourth-order valence-corrected chi connectivity index (χ4v) is 2.61. The van der Waals surface area contributed by atoms with E-state index < -0.39 is 17.5 Å². The standard InChI is InChI=1S/C18H18F2N4O/c1-10-4-3-5-11(8-10)22-18(25)12-9-13(19)15(20)17-16(12)23-14(24-17)6-7-21-2/h3-5,8-9,21H,6-7H2,1-2H3,(H,22,25)(H,23,24). The number of halogens is 2. The van der Waals surface area contributed by atoms with E-state index in [0.29, 0.717) is 24.5 Å². The Balaban J connectivity index is 2.00. The van der Waals surface area contributed by atoms with Crippen LogP contribution < -0.4 is 10.6 Å². The maximum absolute atomic E-state index is 14.1. The molecule has 7 heteroatoms. The predicted octanol–water partition coefficient (Wildman–Crippen LogP) is 3.16. The van der Waals surface area contributed by atoms with E-state index in [4.69, 9.17) is 0 Å². The summed E-state index contributed by atoms with van der Waals surface area (Å²) in [4.78, 5) is 19.6. The van der Waals surface area contributed by atoms with Crippen molar-refractivity contribution >= 4 is 22.6 Å². The summed E-state index contributed by atoms with van der Waals surface area (Å²) in [6.07, 6.45) is 0.505. The summed E-state index contributed by atoms with van der Waals surface area (Å²) < 4.78 is 28.0. The van der Waals surface area contributed by atoms with Gasteiger partial charge in [0.15, 0.2) is 11.6 Å². The molecule has 3 rings (SSSR count). The molecule has 1 amide bonds. The van der Waals surface area contributed by atoms with E-state index in [1.165, 1.54) is 0 Å². The van der Waals surface area contributed by atoms with Crippen LogP contribution in [0.5, 0.6) is 0 Å². The molecule has 1 aromatic heterocycles. The summed E-state index contributed by atoms with van der Waals surface area (Å²) in [5, 5.41) is 5.66. The highest BCUT2D eigenvalue weighted by atomic mass is 19.2. The van der Waals surface area contributed by atoms with Crippen molar-refractivity contribution in [3.63, 3.8) is 0 Å². The fraction of sp³-hybridized carbons (Fsp3) is 0.222. The molecule has 0 saturated heterocycles. The van der Waals surface area contributed by atoms with Crippen LogP contribution in [-0.4, -0.2) is 29.5 Å². The number of H-pyrrole nitrogens is 1. The van der Waals surface area contributed by atoms with Crippen molar-refractivity contribution in [3.8, 4) is 0 Å². The Morgan fingerprint density at radius 2 is 2.08 bits per heavy atom. The Morgan fingerprint density at radius 3 is 2.80 bits per heavy atom. The quantitative estimate of drug-likeness (QED) is 0.666. The zero-order chi connectivity index (χ0) is 18.0. The number of aromatic amines is 1. The second-order valence-corrected chi connectivity index (χ2v) is 5.80. The molecule has 3 N–H and O–H groups in total. The number of fused-ring (bicyclic) bond motifs is 1. The lowest BCUT2D eigenvalue weighted by atomic mass is 10.1. The normalized spacial score (nSPS) is 11.0. The van der Waals surface area contributed by atoms with Crippen LogP contribution >= 0.6 is 0 Å². The van der Waals surface area contributed by atoms with Gasteiger partial charge in [0.1, 0.15) is 11.3 Å². The maximum atomic E-state index is 14.1. The average Bonchev–Trinajstić information content (AvgIpc) is 3.00. The number of benzene rings is 2. The molecule has 0 aliphatic heterocycles. The van der Waals surface area contributed by atoms with Crippen LogP contribution in [-0.2, 0) is 6.42 Å². The van der Waals surface area contributed by atoms with E-state index >= 15 is 0 Å². The van der Waals surface area contributed by atoms with Crippen LogP contribution in [0.3, 0.4) is 0 Å². The molecule has 0 bridgehead atoms. The van der Waals surface area contributed by atoms with Crippen LogP contribution in [0.2, 0.25) is 0 Å². The largest absolute Gasteiger partial charge is 0.341 e.